The second kappa shape index (κ2) is 8.11. The zero-order valence-corrected chi connectivity index (χ0v) is 18.8. The van der Waals surface area contributed by atoms with E-state index in [9.17, 15) is 0 Å². The molecular formula is C28H20N4S. The van der Waals surface area contributed by atoms with Gasteiger partial charge in [-0.15, -0.1) is 11.3 Å². The summed E-state index contributed by atoms with van der Waals surface area (Å²) in [7, 11) is 0. The maximum atomic E-state index is 4.80. The van der Waals surface area contributed by atoms with Crippen molar-refractivity contribution < 1.29 is 0 Å². The fraction of sp³-hybridized carbons (Fsp3) is 0.0357. The van der Waals surface area contributed by atoms with Crippen molar-refractivity contribution in [3.8, 4) is 39.3 Å². The molecule has 0 fully saturated rings. The fourth-order valence-corrected chi connectivity index (χ4v) is 5.16. The summed E-state index contributed by atoms with van der Waals surface area (Å²) >= 11 is 1.70. The molecular weight excluding hydrogens is 424 g/mol. The highest BCUT2D eigenvalue weighted by atomic mass is 32.1. The molecule has 0 amide bonds. The van der Waals surface area contributed by atoms with Crippen LogP contribution in [0.1, 0.15) is 5.01 Å². The van der Waals surface area contributed by atoms with Crippen molar-refractivity contribution in [2.45, 2.75) is 6.92 Å². The van der Waals surface area contributed by atoms with Crippen molar-refractivity contribution in [1.82, 2.24) is 19.7 Å². The lowest BCUT2D eigenvalue weighted by Crippen LogP contribution is -2.05. The van der Waals surface area contributed by atoms with Crippen LogP contribution in [0.15, 0.2) is 103 Å². The van der Waals surface area contributed by atoms with Gasteiger partial charge in [0.2, 0.25) is 0 Å². The van der Waals surface area contributed by atoms with Gasteiger partial charge in [-0.25, -0.2) is 14.6 Å². The zero-order valence-electron chi connectivity index (χ0n) is 18.0. The summed E-state index contributed by atoms with van der Waals surface area (Å²) in [5.74, 6) is 0.784. The van der Waals surface area contributed by atoms with Gasteiger partial charge in [0.05, 0.1) is 20.9 Å². The summed E-state index contributed by atoms with van der Waals surface area (Å²) in [6.45, 7) is 2.04. The van der Waals surface area contributed by atoms with Gasteiger partial charge in [0, 0.05) is 16.7 Å². The van der Waals surface area contributed by atoms with Gasteiger partial charge in [-0.3, -0.25) is 0 Å². The maximum absolute atomic E-state index is 4.80. The standard InChI is InChI=1S/C28H20N4S/c1-19-31-26-24(16-9-17-25(26)33-19)28-29-18-30-32(28)27-22(20-10-4-2-5-11-20)14-8-15-23(27)21-12-6-3-7-13-21/h2-18H,1H3. The van der Waals surface area contributed by atoms with Gasteiger partial charge >= 0.3 is 0 Å². The van der Waals surface area contributed by atoms with E-state index in [1.54, 1.807) is 17.7 Å². The van der Waals surface area contributed by atoms with E-state index >= 15 is 0 Å². The Labute approximate surface area is 195 Å². The van der Waals surface area contributed by atoms with Crippen molar-refractivity contribution in [3.05, 3.63) is 108 Å². The Morgan fingerprint density at radius 2 is 1.27 bits per heavy atom. The molecule has 0 bridgehead atoms. The molecule has 33 heavy (non-hydrogen) atoms. The van der Waals surface area contributed by atoms with Crippen LogP contribution in [0.3, 0.4) is 0 Å². The molecule has 0 aliphatic carbocycles. The Morgan fingerprint density at radius 1 is 0.667 bits per heavy atom. The van der Waals surface area contributed by atoms with Crippen molar-refractivity contribution in [3.63, 3.8) is 0 Å². The molecule has 158 valence electrons. The predicted octanol–water partition coefficient (Wildman–Crippen LogP) is 7.19. The molecule has 6 rings (SSSR count). The largest absolute Gasteiger partial charge is 0.241 e. The summed E-state index contributed by atoms with van der Waals surface area (Å²) in [6, 6.07) is 33.5. The fourth-order valence-electron chi connectivity index (χ4n) is 4.30. The van der Waals surface area contributed by atoms with E-state index in [4.69, 9.17) is 15.1 Å². The highest BCUT2D eigenvalue weighted by Gasteiger charge is 2.20. The van der Waals surface area contributed by atoms with E-state index in [2.05, 4.69) is 84.9 Å². The van der Waals surface area contributed by atoms with Crippen LogP contribution in [0.4, 0.5) is 0 Å². The van der Waals surface area contributed by atoms with Gasteiger partial charge in [0.1, 0.15) is 6.33 Å². The Kier molecular flexibility index (Phi) is 4.82. The lowest BCUT2D eigenvalue weighted by molar-refractivity contribution is 0.891. The molecule has 0 saturated carbocycles. The molecule has 0 aliphatic rings. The molecule has 0 spiro atoms. The lowest BCUT2D eigenvalue weighted by Gasteiger charge is -2.17. The Balaban J connectivity index is 1.66. The predicted molar refractivity (Wildman–Crippen MR) is 136 cm³/mol. The van der Waals surface area contributed by atoms with Crippen molar-refractivity contribution in [2.75, 3.05) is 0 Å². The monoisotopic (exact) mass is 444 g/mol. The minimum absolute atomic E-state index is 0.784. The van der Waals surface area contributed by atoms with Crippen LogP contribution < -0.4 is 0 Å². The average Bonchev–Trinajstić information content (AvgIpc) is 3.50. The molecule has 2 heterocycles. The third kappa shape index (κ3) is 3.43. The Bertz CT molecular complexity index is 1510. The smallest absolute Gasteiger partial charge is 0.165 e. The normalized spacial score (nSPS) is 11.2. The van der Waals surface area contributed by atoms with Gasteiger partial charge in [-0.2, -0.15) is 5.10 Å². The topological polar surface area (TPSA) is 43.6 Å². The molecule has 0 unspecified atom stereocenters. The quantitative estimate of drug-likeness (QED) is 0.289. The molecule has 0 atom stereocenters. The van der Waals surface area contributed by atoms with Crippen LogP contribution >= 0.6 is 11.3 Å². The zero-order chi connectivity index (χ0) is 22.2. The molecule has 2 aromatic heterocycles. The number of nitrogens with zero attached hydrogens (tertiary/aromatic N) is 4. The number of hydrogen-bond acceptors (Lipinski definition) is 4. The first-order valence-corrected chi connectivity index (χ1v) is 11.6. The lowest BCUT2D eigenvalue weighted by atomic mass is 9.95. The SMILES string of the molecule is Cc1nc2c(-c3ncnn3-c3c(-c4ccccc4)cccc3-c3ccccc3)cccc2s1. The summed E-state index contributed by atoms with van der Waals surface area (Å²) in [5, 5.41) is 5.77. The molecule has 6 aromatic rings. The Hall–Kier alpha value is -4.09. The van der Waals surface area contributed by atoms with Crippen molar-refractivity contribution in [1.29, 1.82) is 0 Å². The number of hydrogen-bond donors (Lipinski definition) is 0. The second-order valence-corrected chi connectivity index (χ2v) is 9.05. The number of thiazole rings is 1. The number of rotatable bonds is 4. The van der Waals surface area contributed by atoms with Crippen LogP contribution in [0.25, 0.3) is 49.5 Å². The molecule has 0 N–H and O–H groups in total. The summed E-state index contributed by atoms with van der Waals surface area (Å²) in [5.41, 5.74) is 7.43. The van der Waals surface area contributed by atoms with Gasteiger partial charge in [-0.1, -0.05) is 84.9 Å². The average molecular weight is 445 g/mol. The first-order valence-electron chi connectivity index (χ1n) is 10.8. The summed E-state index contributed by atoms with van der Waals surface area (Å²) in [6.07, 6.45) is 1.63. The number of benzene rings is 4. The number of fused-ring (bicyclic) bond motifs is 1. The third-order valence-electron chi connectivity index (χ3n) is 5.73. The molecule has 0 aliphatic heterocycles. The summed E-state index contributed by atoms with van der Waals surface area (Å²) in [4.78, 5) is 9.51. The molecule has 0 radical (unpaired) electrons. The van der Waals surface area contributed by atoms with Crippen molar-refractivity contribution in [2.24, 2.45) is 0 Å². The van der Waals surface area contributed by atoms with Crippen LogP contribution in [-0.4, -0.2) is 19.7 Å². The van der Waals surface area contributed by atoms with E-state index in [1.165, 1.54) is 0 Å². The van der Waals surface area contributed by atoms with E-state index in [-0.39, 0.29) is 0 Å². The van der Waals surface area contributed by atoms with Gasteiger partial charge in [0.15, 0.2) is 5.82 Å². The minimum atomic E-state index is 0.784. The van der Waals surface area contributed by atoms with E-state index in [1.807, 2.05) is 23.7 Å². The minimum Gasteiger partial charge on any atom is -0.241 e. The summed E-state index contributed by atoms with van der Waals surface area (Å²) < 4.78 is 3.12. The van der Waals surface area contributed by atoms with Crippen LogP contribution in [-0.2, 0) is 0 Å². The maximum Gasteiger partial charge on any atom is 0.165 e. The molecule has 4 nitrogen and oxygen atoms in total. The number of para-hydroxylation sites is 2. The van der Waals surface area contributed by atoms with Crippen LogP contribution in [0.5, 0.6) is 0 Å². The van der Waals surface area contributed by atoms with Gasteiger partial charge in [-0.05, 0) is 30.2 Å². The number of aromatic nitrogens is 4. The van der Waals surface area contributed by atoms with E-state index < -0.39 is 0 Å². The van der Waals surface area contributed by atoms with Crippen LogP contribution in [0, 0.1) is 6.92 Å². The highest BCUT2D eigenvalue weighted by Crippen LogP contribution is 2.38. The molecule has 0 saturated heterocycles. The first kappa shape index (κ1) is 19.6. The van der Waals surface area contributed by atoms with Gasteiger partial charge in [0.25, 0.3) is 0 Å². The van der Waals surface area contributed by atoms with Crippen LogP contribution in [0.2, 0.25) is 0 Å². The molecule has 4 aromatic carbocycles. The molecule has 5 heteroatoms. The van der Waals surface area contributed by atoms with Gasteiger partial charge < -0.3 is 0 Å². The third-order valence-corrected chi connectivity index (χ3v) is 6.67. The first-order chi connectivity index (χ1) is 16.3. The van der Waals surface area contributed by atoms with Crippen molar-refractivity contribution >= 4 is 21.6 Å². The highest BCUT2D eigenvalue weighted by molar-refractivity contribution is 7.18. The van der Waals surface area contributed by atoms with E-state index in [0.29, 0.717) is 0 Å². The Morgan fingerprint density at radius 3 is 1.94 bits per heavy atom. The second-order valence-electron chi connectivity index (χ2n) is 7.81. The van der Waals surface area contributed by atoms with E-state index in [0.717, 1.165) is 54.6 Å². The number of aryl methyl sites for hydroxylation is 1.